The largest absolute Gasteiger partial charge is 0.506 e. The van der Waals surface area contributed by atoms with Crippen LogP contribution in [0.3, 0.4) is 0 Å². The standard InChI is InChI=1S/C27H17BrN4O6S/c28-21-13-18(32(37)38)11-16(25(21)33)12-22-26(34)30-24(15-5-3-6-17(10-15)31(35)36)20-9-8-14-4-1-2-7-19(14)23(20)29-27(30)39-22/h1-7,10-13,24,33H,8-9H2/b22-12+/t24-/m0/s1. The van der Waals surface area contributed by atoms with Crippen molar-refractivity contribution in [2.75, 3.05) is 0 Å². The number of aromatic nitrogens is 1. The molecular weight excluding hydrogens is 588 g/mol. The number of fused-ring (bicyclic) bond motifs is 3. The van der Waals surface area contributed by atoms with Gasteiger partial charge >= 0.3 is 0 Å². The number of nitro benzene ring substituents is 2. The number of rotatable bonds is 4. The van der Waals surface area contributed by atoms with E-state index in [1.165, 1.54) is 34.9 Å². The van der Waals surface area contributed by atoms with E-state index in [1.54, 1.807) is 12.1 Å². The zero-order chi connectivity index (χ0) is 27.4. The summed E-state index contributed by atoms with van der Waals surface area (Å²) >= 11 is 4.22. The molecule has 1 aromatic heterocycles. The van der Waals surface area contributed by atoms with Gasteiger partial charge in [-0.25, -0.2) is 4.99 Å². The first kappa shape index (κ1) is 24.9. The molecule has 12 heteroatoms. The van der Waals surface area contributed by atoms with Gasteiger partial charge in [0.25, 0.3) is 16.9 Å². The molecule has 1 atom stereocenters. The van der Waals surface area contributed by atoms with Gasteiger partial charge in [0.15, 0.2) is 4.80 Å². The van der Waals surface area contributed by atoms with Gasteiger partial charge in [0.1, 0.15) is 5.75 Å². The lowest BCUT2D eigenvalue weighted by molar-refractivity contribution is -0.385. The summed E-state index contributed by atoms with van der Waals surface area (Å²) in [5, 5.41) is 33.5. The number of allylic oxidation sites excluding steroid dienone is 1. The molecule has 1 N–H and O–H groups in total. The van der Waals surface area contributed by atoms with Crippen LogP contribution in [0.5, 0.6) is 5.75 Å². The fraction of sp³-hybridized carbons (Fsp3) is 0.111. The summed E-state index contributed by atoms with van der Waals surface area (Å²) in [4.78, 5) is 41.0. The predicted molar refractivity (Wildman–Crippen MR) is 148 cm³/mol. The molecule has 6 rings (SSSR count). The van der Waals surface area contributed by atoms with E-state index in [4.69, 9.17) is 4.99 Å². The Hall–Kier alpha value is -4.42. The highest BCUT2D eigenvalue weighted by molar-refractivity contribution is 9.10. The molecule has 0 spiro atoms. The summed E-state index contributed by atoms with van der Waals surface area (Å²) in [5.74, 6) is -0.241. The minimum atomic E-state index is -0.628. The monoisotopic (exact) mass is 604 g/mol. The summed E-state index contributed by atoms with van der Waals surface area (Å²) in [6, 6.07) is 15.9. The minimum Gasteiger partial charge on any atom is -0.506 e. The van der Waals surface area contributed by atoms with Crippen LogP contribution in [0.2, 0.25) is 0 Å². The van der Waals surface area contributed by atoms with Crippen molar-refractivity contribution in [3.05, 3.63) is 133 Å². The SMILES string of the molecule is O=c1/c(=C\c2cc([N+](=O)[O-])cc(Br)c2O)sc2n1[C@@H](c1cccc([N+](=O)[O-])c1)C1=C(N=2)c2ccccc2CC1. The van der Waals surface area contributed by atoms with E-state index in [1.807, 2.05) is 24.3 Å². The van der Waals surface area contributed by atoms with Crippen molar-refractivity contribution in [1.82, 2.24) is 4.57 Å². The number of aromatic hydroxyl groups is 1. The summed E-state index contributed by atoms with van der Waals surface area (Å²) in [5.41, 5.74) is 3.63. The van der Waals surface area contributed by atoms with Gasteiger partial charge in [-0.05, 0) is 51.5 Å². The topological polar surface area (TPSA) is 141 Å². The highest BCUT2D eigenvalue weighted by Crippen LogP contribution is 2.41. The zero-order valence-electron chi connectivity index (χ0n) is 19.9. The second-order valence-corrected chi connectivity index (χ2v) is 11.0. The molecule has 0 radical (unpaired) electrons. The van der Waals surface area contributed by atoms with Gasteiger partial charge in [-0.3, -0.25) is 29.6 Å². The van der Waals surface area contributed by atoms with Crippen LogP contribution in [0.4, 0.5) is 11.4 Å². The second kappa shape index (κ2) is 9.40. The molecule has 194 valence electrons. The number of halogens is 1. The van der Waals surface area contributed by atoms with E-state index in [-0.39, 0.29) is 31.7 Å². The van der Waals surface area contributed by atoms with E-state index in [9.17, 15) is 30.1 Å². The molecule has 0 fully saturated rings. The third kappa shape index (κ3) is 4.17. The molecule has 3 aromatic carbocycles. The molecule has 2 heterocycles. The highest BCUT2D eigenvalue weighted by Gasteiger charge is 2.33. The number of non-ortho nitro benzene ring substituents is 2. The smallest absolute Gasteiger partial charge is 0.271 e. The molecule has 0 bridgehead atoms. The van der Waals surface area contributed by atoms with Crippen molar-refractivity contribution in [2.45, 2.75) is 18.9 Å². The number of phenols is 1. The van der Waals surface area contributed by atoms with E-state index >= 15 is 0 Å². The van der Waals surface area contributed by atoms with E-state index in [0.717, 1.165) is 40.2 Å². The molecule has 0 saturated heterocycles. The van der Waals surface area contributed by atoms with E-state index in [2.05, 4.69) is 15.9 Å². The lowest BCUT2D eigenvalue weighted by Gasteiger charge is -2.30. The average molecular weight is 605 g/mol. The third-order valence-electron chi connectivity index (χ3n) is 6.84. The summed E-state index contributed by atoms with van der Waals surface area (Å²) in [6.07, 6.45) is 2.75. The van der Waals surface area contributed by atoms with Crippen LogP contribution in [0, 0.1) is 20.2 Å². The summed E-state index contributed by atoms with van der Waals surface area (Å²) in [6.45, 7) is 0. The molecule has 39 heavy (non-hydrogen) atoms. The Morgan fingerprint density at radius 3 is 2.56 bits per heavy atom. The molecule has 2 aliphatic rings. The van der Waals surface area contributed by atoms with Gasteiger partial charge < -0.3 is 5.11 Å². The number of aryl methyl sites for hydroxylation is 1. The number of hydrogen-bond donors (Lipinski definition) is 1. The second-order valence-electron chi connectivity index (χ2n) is 9.09. The Labute approximate surface area is 231 Å². The number of nitrogens with zero attached hydrogens (tertiary/aromatic N) is 4. The normalized spacial score (nSPS) is 16.2. The van der Waals surface area contributed by atoms with Gasteiger partial charge in [-0.15, -0.1) is 0 Å². The Balaban J connectivity index is 1.63. The molecule has 1 aliphatic carbocycles. The van der Waals surface area contributed by atoms with Gasteiger partial charge in [0.2, 0.25) is 0 Å². The summed E-state index contributed by atoms with van der Waals surface area (Å²) < 4.78 is 1.85. The van der Waals surface area contributed by atoms with Gasteiger partial charge in [-0.1, -0.05) is 47.7 Å². The Morgan fingerprint density at radius 1 is 1.03 bits per heavy atom. The number of nitro groups is 2. The van der Waals surface area contributed by atoms with Crippen LogP contribution in [0.1, 0.15) is 34.7 Å². The minimum absolute atomic E-state index is 0.0867. The third-order valence-corrected chi connectivity index (χ3v) is 8.43. The van der Waals surface area contributed by atoms with Gasteiger partial charge in [0.05, 0.1) is 30.6 Å². The van der Waals surface area contributed by atoms with Crippen LogP contribution in [-0.2, 0) is 6.42 Å². The first-order chi connectivity index (χ1) is 18.7. The van der Waals surface area contributed by atoms with Gasteiger partial charge in [0, 0.05) is 35.4 Å². The zero-order valence-corrected chi connectivity index (χ0v) is 22.3. The molecular formula is C27H17BrN4O6S. The van der Waals surface area contributed by atoms with Gasteiger partial charge in [-0.2, -0.15) is 0 Å². The van der Waals surface area contributed by atoms with E-state index in [0.29, 0.717) is 16.8 Å². The average Bonchev–Trinajstić information content (AvgIpc) is 3.24. The number of thiazole rings is 1. The molecule has 10 nitrogen and oxygen atoms in total. The molecule has 0 unspecified atom stereocenters. The predicted octanol–water partition coefficient (Wildman–Crippen LogP) is 4.60. The lowest BCUT2D eigenvalue weighted by Crippen LogP contribution is -2.38. The van der Waals surface area contributed by atoms with Crippen molar-refractivity contribution in [3.8, 4) is 5.75 Å². The van der Waals surface area contributed by atoms with Crippen LogP contribution < -0.4 is 14.9 Å². The van der Waals surface area contributed by atoms with E-state index < -0.39 is 21.4 Å². The fourth-order valence-corrected chi connectivity index (χ4v) is 6.55. The maximum atomic E-state index is 13.9. The maximum absolute atomic E-state index is 13.9. The highest BCUT2D eigenvalue weighted by atomic mass is 79.9. The van der Waals surface area contributed by atoms with Crippen molar-refractivity contribution < 1.29 is 15.0 Å². The van der Waals surface area contributed by atoms with Crippen LogP contribution in [-0.4, -0.2) is 19.5 Å². The Morgan fingerprint density at radius 2 is 1.79 bits per heavy atom. The summed E-state index contributed by atoms with van der Waals surface area (Å²) in [7, 11) is 0. The molecule has 4 aromatic rings. The Kier molecular flexibility index (Phi) is 6.00. The first-order valence-corrected chi connectivity index (χ1v) is 13.4. The van der Waals surface area contributed by atoms with Crippen LogP contribution in [0.25, 0.3) is 11.8 Å². The quantitative estimate of drug-likeness (QED) is 0.266. The van der Waals surface area contributed by atoms with Crippen molar-refractivity contribution in [2.24, 2.45) is 4.99 Å². The lowest BCUT2D eigenvalue weighted by atomic mass is 9.83. The van der Waals surface area contributed by atoms with Crippen LogP contribution >= 0.6 is 27.3 Å². The Bertz CT molecular complexity index is 1940. The number of hydrogen-bond acceptors (Lipinski definition) is 8. The molecule has 0 saturated carbocycles. The molecule has 1 aliphatic heterocycles. The number of phenolic OH excluding ortho intramolecular Hbond substituents is 1. The van der Waals surface area contributed by atoms with Crippen molar-refractivity contribution in [3.63, 3.8) is 0 Å². The fourth-order valence-electron chi connectivity index (χ4n) is 5.09. The van der Waals surface area contributed by atoms with Crippen LogP contribution in [0.15, 0.2) is 80.5 Å². The van der Waals surface area contributed by atoms with Crippen molar-refractivity contribution in [1.29, 1.82) is 0 Å². The first-order valence-electron chi connectivity index (χ1n) is 11.8. The molecule has 0 amide bonds. The maximum Gasteiger partial charge on any atom is 0.271 e. The number of benzene rings is 3. The van der Waals surface area contributed by atoms with Crippen molar-refractivity contribution >= 4 is 50.4 Å².